The lowest BCUT2D eigenvalue weighted by Crippen LogP contribution is -2.31. The molecule has 2 N–H and O–H groups in total. The second-order valence-electron chi connectivity index (χ2n) is 3.92. The number of hydrogen-bond acceptors (Lipinski definition) is 3. The fraction of sp³-hybridized carbons (Fsp3) is 0.545. The van der Waals surface area contributed by atoms with Crippen LogP contribution in [0.2, 0.25) is 0 Å². The van der Waals surface area contributed by atoms with Gasteiger partial charge < -0.3 is 10.2 Å². The van der Waals surface area contributed by atoms with E-state index in [1.165, 1.54) is 0 Å². The van der Waals surface area contributed by atoms with E-state index in [1.807, 2.05) is 6.07 Å². The fourth-order valence-electron chi connectivity index (χ4n) is 2.10. The van der Waals surface area contributed by atoms with Gasteiger partial charge in [0.25, 0.3) is 0 Å². The Balaban J connectivity index is 1.95. The van der Waals surface area contributed by atoms with Crippen LogP contribution in [0.25, 0.3) is 0 Å². The summed E-state index contributed by atoms with van der Waals surface area (Å²) in [4.78, 5) is 11.8. The molecule has 0 saturated heterocycles. The largest absolute Gasteiger partial charge is 0.469 e. The van der Waals surface area contributed by atoms with Crippen molar-refractivity contribution in [3.05, 3.63) is 24.2 Å². The summed E-state index contributed by atoms with van der Waals surface area (Å²) in [7, 11) is 0. The van der Waals surface area contributed by atoms with E-state index in [0.717, 1.165) is 25.0 Å². The normalized spacial score (nSPS) is 26.6. The molecule has 0 aliphatic heterocycles. The number of furan rings is 1. The Bertz CT molecular complexity index is 305. The molecule has 1 saturated carbocycles. The summed E-state index contributed by atoms with van der Waals surface area (Å²) in [6, 6.07) is 3.70. The zero-order valence-corrected chi connectivity index (χ0v) is 8.11. The summed E-state index contributed by atoms with van der Waals surface area (Å²) in [6.07, 6.45) is 4.99. The van der Waals surface area contributed by atoms with Crippen molar-refractivity contribution in [1.82, 2.24) is 0 Å². The van der Waals surface area contributed by atoms with E-state index in [1.54, 1.807) is 12.3 Å². The van der Waals surface area contributed by atoms with E-state index < -0.39 is 0 Å². The maximum absolute atomic E-state index is 11.8. The fourth-order valence-corrected chi connectivity index (χ4v) is 2.10. The molecule has 1 aliphatic carbocycles. The monoisotopic (exact) mass is 193 g/mol. The van der Waals surface area contributed by atoms with Gasteiger partial charge in [-0.3, -0.25) is 4.79 Å². The second kappa shape index (κ2) is 3.96. The Hall–Kier alpha value is -1.09. The van der Waals surface area contributed by atoms with Crippen molar-refractivity contribution in [2.45, 2.75) is 31.7 Å². The molecule has 1 aliphatic rings. The van der Waals surface area contributed by atoms with Crippen LogP contribution in [-0.4, -0.2) is 11.8 Å². The number of nitrogens with two attached hydrogens (primary N) is 1. The molecule has 0 aromatic carbocycles. The molecule has 0 bridgehead atoms. The summed E-state index contributed by atoms with van der Waals surface area (Å²) < 4.78 is 5.14. The Morgan fingerprint density at radius 3 is 3.00 bits per heavy atom. The predicted molar refractivity (Wildman–Crippen MR) is 52.7 cm³/mol. The molecule has 14 heavy (non-hydrogen) atoms. The number of carbonyl (C=O) groups is 1. The Morgan fingerprint density at radius 1 is 1.57 bits per heavy atom. The molecular formula is C11H15NO2. The van der Waals surface area contributed by atoms with Crippen molar-refractivity contribution in [3.8, 4) is 0 Å². The van der Waals surface area contributed by atoms with Gasteiger partial charge in [-0.1, -0.05) is 6.42 Å². The Morgan fingerprint density at radius 2 is 2.43 bits per heavy atom. The van der Waals surface area contributed by atoms with Crippen LogP contribution in [0.1, 0.15) is 25.0 Å². The van der Waals surface area contributed by atoms with Crippen LogP contribution in [0.5, 0.6) is 0 Å². The van der Waals surface area contributed by atoms with Crippen molar-refractivity contribution in [2.75, 3.05) is 0 Å². The molecule has 1 aromatic heterocycles. The van der Waals surface area contributed by atoms with Gasteiger partial charge in [0.05, 0.1) is 12.7 Å². The third-order valence-electron chi connectivity index (χ3n) is 2.91. The standard InChI is InChI=1S/C11H15NO2/c12-10-5-1-4-9(10)11(13)7-8-3-2-6-14-8/h2-3,6,9-10H,1,4-5,7,12H2. The minimum atomic E-state index is 0.0556. The van der Waals surface area contributed by atoms with Gasteiger partial charge in [0.1, 0.15) is 11.5 Å². The molecular weight excluding hydrogens is 178 g/mol. The van der Waals surface area contributed by atoms with E-state index in [4.69, 9.17) is 10.2 Å². The predicted octanol–water partition coefficient (Wildman–Crippen LogP) is 1.52. The van der Waals surface area contributed by atoms with Crippen LogP contribution in [0.3, 0.4) is 0 Å². The number of rotatable bonds is 3. The summed E-state index contributed by atoms with van der Waals surface area (Å²) in [5.41, 5.74) is 5.86. The molecule has 2 atom stereocenters. The molecule has 2 rings (SSSR count). The van der Waals surface area contributed by atoms with Crippen LogP contribution >= 0.6 is 0 Å². The highest BCUT2D eigenvalue weighted by Gasteiger charge is 2.30. The van der Waals surface area contributed by atoms with Crippen molar-refractivity contribution >= 4 is 5.78 Å². The van der Waals surface area contributed by atoms with Crippen molar-refractivity contribution < 1.29 is 9.21 Å². The molecule has 3 heteroatoms. The Kier molecular flexibility index (Phi) is 2.68. The van der Waals surface area contributed by atoms with Crippen LogP contribution in [0.4, 0.5) is 0 Å². The highest BCUT2D eigenvalue weighted by atomic mass is 16.3. The summed E-state index contributed by atoms with van der Waals surface area (Å²) in [5.74, 6) is 1.03. The van der Waals surface area contributed by atoms with E-state index in [2.05, 4.69) is 0 Å². The van der Waals surface area contributed by atoms with Gasteiger partial charge in [0.15, 0.2) is 0 Å². The first-order valence-electron chi connectivity index (χ1n) is 5.08. The van der Waals surface area contributed by atoms with Gasteiger partial charge in [-0.05, 0) is 25.0 Å². The molecule has 2 unspecified atom stereocenters. The lowest BCUT2D eigenvalue weighted by molar-refractivity contribution is -0.122. The number of Topliss-reactive ketones (excluding diaryl/α,β-unsaturated/α-hetero) is 1. The first kappa shape index (κ1) is 9.46. The zero-order valence-electron chi connectivity index (χ0n) is 8.11. The minimum Gasteiger partial charge on any atom is -0.469 e. The van der Waals surface area contributed by atoms with Gasteiger partial charge >= 0.3 is 0 Å². The van der Waals surface area contributed by atoms with Crippen molar-refractivity contribution in [3.63, 3.8) is 0 Å². The SMILES string of the molecule is NC1CCCC1C(=O)Cc1ccco1. The quantitative estimate of drug-likeness (QED) is 0.791. The van der Waals surface area contributed by atoms with E-state index in [9.17, 15) is 4.79 Å². The molecule has 76 valence electrons. The third-order valence-corrected chi connectivity index (χ3v) is 2.91. The van der Waals surface area contributed by atoms with E-state index in [0.29, 0.717) is 6.42 Å². The molecule has 1 fully saturated rings. The maximum atomic E-state index is 11.8. The van der Waals surface area contributed by atoms with Gasteiger partial charge in [0.2, 0.25) is 0 Å². The topological polar surface area (TPSA) is 56.2 Å². The van der Waals surface area contributed by atoms with Gasteiger partial charge in [-0.2, -0.15) is 0 Å². The van der Waals surface area contributed by atoms with E-state index in [-0.39, 0.29) is 17.7 Å². The van der Waals surface area contributed by atoms with Crippen LogP contribution in [-0.2, 0) is 11.2 Å². The molecule has 0 amide bonds. The first-order valence-corrected chi connectivity index (χ1v) is 5.08. The molecule has 0 spiro atoms. The van der Waals surface area contributed by atoms with Crippen LogP contribution in [0.15, 0.2) is 22.8 Å². The average molecular weight is 193 g/mol. The maximum Gasteiger partial charge on any atom is 0.145 e. The molecule has 1 heterocycles. The average Bonchev–Trinajstić information content (AvgIpc) is 2.75. The lowest BCUT2D eigenvalue weighted by Gasteiger charge is -2.12. The van der Waals surface area contributed by atoms with Crippen molar-refractivity contribution in [2.24, 2.45) is 11.7 Å². The van der Waals surface area contributed by atoms with Gasteiger partial charge in [-0.25, -0.2) is 0 Å². The highest BCUT2D eigenvalue weighted by Crippen LogP contribution is 2.25. The van der Waals surface area contributed by atoms with Crippen molar-refractivity contribution in [1.29, 1.82) is 0 Å². The number of ketones is 1. The molecule has 0 radical (unpaired) electrons. The van der Waals surface area contributed by atoms with Gasteiger partial charge in [-0.15, -0.1) is 0 Å². The molecule has 3 nitrogen and oxygen atoms in total. The summed E-state index contributed by atoms with van der Waals surface area (Å²) in [6.45, 7) is 0. The Labute approximate surface area is 83.3 Å². The smallest absolute Gasteiger partial charge is 0.145 e. The van der Waals surface area contributed by atoms with Crippen LogP contribution < -0.4 is 5.73 Å². The van der Waals surface area contributed by atoms with Crippen LogP contribution in [0, 0.1) is 5.92 Å². The number of carbonyl (C=O) groups excluding carboxylic acids is 1. The first-order chi connectivity index (χ1) is 6.77. The highest BCUT2D eigenvalue weighted by molar-refractivity contribution is 5.83. The third kappa shape index (κ3) is 1.87. The summed E-state index contributed by atoms with van der Waals surface area (Å²) >= 11 is 0. The number of hydrogen-bond donors (Lipinski definition) is 1. The summed E-state index contributed by atoms with van der Waals surface area (Å²) in [5, 5.41) is 0. The lowest BCUT2D eigenvalue weighted by atomic mass is 9.96. The second-order valence-corrected chi connectivity index (χ2v) is 3.92. The van der Waals surface area contributed by atoms with Gasteiger partial charge in [0, 0.05) is 12.0 Å². The van der Waals surface area contributed by atoms with E-state index >= 15 is 0 Å². The zero-order chi connectivity index (χ0) is 9.97. The molecule has 1 aromatic rings. The minimum absolute atomic E-state index is 0.0556.